The highest BCUT2D eigenvalue weighted by Crippen LogP contribution is 2.27. The van der Waals surface area contributed by atoms with Gasteiger partial charge in [-0.15, -0.1) is 0 Å². The van der Waals surface area contributed by atoms with Crippen LogP contribution in [0.15, 0.2) is 18.2 Å². The van der Waals surface area contributed by atoms with Crippen molar-refractivity contribution in [1.29, 1.82) is 0 Å². The van der Waals surface area contributed by atoms with Gasteiger partial charge in [0.1, 0.15) is 5.69 Å². The fourth-order valence-electron chi connectivity index (χ4n) is 1.30. The SMILES string of the molecule is CC.Cc1ccc(NC(C)(C)C)c([N+](=O)[O-])c1. The van der Waals surface area contributed by atoms with E-state index in [-0.39, 0.29) is 16.1 Å². The number of nitrogens with one attached hydrogen (secondary N) is 1. The molecule has 1 N–H and O–H groups in total. The maximum Gasteiger partial charge on any atom is 0.292 e. The number of rotatable bonds is 2. The average Bonchev–Trinajstić information content (AvgIpc) is 2.21. The molecule has 0 aromatic heterocycles. The minimum atomic E-state index is -0.360. The number of aryl methyl sites for hydroxylation is 1. The minimum absolute atomic E-state index is 0.130. The molecule has 4 nitrogen and oxygen atoms in total. The Morgan fingerprint density at radius 1 is 1.24 bits per heavy atom. The Labute approximate surface area is 103 Å². The molecule has 1 aromatic carbocycles. The number of hydrogen-bond donors (Lipinski definition) is 1. The van der Waals surface area contributed by atoms with Crippen molar-refractivity contribution in [3.05, 3.63) is 33.9 Å². The predicted molar refractivity (Wildman–Crippen MR) is 72.6 cm³/mol. The van der Waals surface area contributed by atoms with Crippen molar-refractivity contribution >= 4 is 11.4 Å². The lowest BCUT2D eigenvalue weighted by Crippen LogP contribution is -2.26. The molecular weight excluding hydrogens is 216 g/mol. The summed E-state index contributed by atoms with van der Waals surface area (Å²) in [5.41, 5.74) is 1.41. The Morgan fingerprint density at radius 3 is 2.18 bits per heavy atom. The summed E-state index contributed by atoms with van der Waals surface area (Å²) >= 11 is 0. The molecule has 0 aliphatic rings. The minimum Gasteiger partial charge on any atom is -0.375 e. The molecule has 0 bridgehead atoms. The standard InChI is InChI=1S/C11H16N2O2.C2H6/c1-8-5-6-9(12-11(2,3)4)10(7-8)13(14)15;1-2/h5-7,12H,1-4H3;1-2H3. The van der Waals surface area contributed by atoms with Crippen LogP contribution < -0.4 is 5.32 Å². The van der Waals surface area contributed by atoms with Crippen LogP contribution in [0.2, 0.25) is 0 Å². The van der Waals surface area contributed by atoms with Crippen molar-refractivity contribution in [2.24, 2.45) is 0 Å². The van der Waals surface area contributed by atoms with Gasteiger partial charge in [0.05, 0.1) is 4.92 Å². The Balaban J connectivity index is 0.00000121. The number of anilines is 1. The zero-order valence-electron chi connectivity index (χ0n) is 11.5. The number of nitro benzene ring substituents is 1. The van der Waals surface area contributed by atoms with Crippen molar-refractivity contribution in [3.8, 4) is 0 Å². The topological polar surface area (TPSA) is 55.2 Å². The Bertz CT molecular complexity index is 381. The molecule has 1 rings (SSSR count). The van der Waals surface area contributed by atoms with Gasteiger partial charge >= 0.3 is 0 Å². The van der Waals surface area contributed by atoms with Crippen LogP contribution in [0.5, 0.6) is 0 Å². The quantitative estimate of drug-likeness (QED) is 0.622. The molecule has 96 valence electrons. The molecular formula is C13H22N2O2. The summed E-state index contributed by atoms with van der Waals surface area (Å²) in [6, 6.07) is 5.19. The summed E-state index contributed by atoms with van der Waals surface area (Å²) in [4.78, 5) is 10.5. The van der Waals surface area contributed by atoms with E-state index >= 15 is 0 Å². The monoisotopic (exact) mass is 238 g/mol. The maximum absolute atomic E-state index is 10.8. The van der Waals surface area contributed by atoms with E-state index in [4.69, 9.17) is 0 Å². The summed E-state index contributed by atoms with van der Waals surface area (Å²) in [6.45, 7) is 11.7. The van der Waals surface area contributed by atoms with E-state index in [0.717, 1.165) is 5.56 Å². The first kappa shape index (κ1) is 15.4. The Hall–Kier alpha value is -1.58. The van der Waals surface area contributed by atoms with E-state index < -0.39 is 0 Å². The first-order valence-corrected chi connectivity index (χ1v) is 5.83. The van der Waals surface area contributed by atoms with Crippen LogP contribution in [-0.2, 0) is 0 Å². The third-order valence-corrected chi connectivity index (χ3v) is 1.86. The van der Waals surface area contributed by atoms with Crippen LogP contribution in [0.3, 0.4) is 0 Å². The van der Waals surface area contributed by atoms with E-state index in [0.29, 0.717) is 5.69 Å². The Morgan fingerprint density at radius 2 is 1.76 bits per heavy atom. The molecule has 1 aromatic rings. The lowest BCUT2D eigenvalue weighted by Gasteiger charge is -2.21. The highest BCUT2D eigenvalue weighted by atomic mass is 16.6. The zero-order chi connectivity index (χ0) is 13.6. The van der Waals surface area contributed by atoms with Crippen molar-refractivity contribution in [3.63, 3.8) is 0 Å². The first-order valence-electron chi connectivity index (χ1n) is 5.83. The van der Waals surface area contributed by atoms with Gasteiger partial charge in [-0.3, -0.25) is 10.1 Å². The normalized spacial score (nSPS) is 10.2. The van der Waals surface area contributed by atoms with Crippen molar-refractivity contribution in [1.82, 2.24) is 0 Å². The van der Waals surface area contributed by atoms with E-state index in [1.807, 2.05) is 47.6 Å². The van der Waals surface area contributed by atoms with Crippen LogP contribution in [0.4, 0.5) is 11.4 Å². The van der Waals surface area contributed by atoms with Gasteiger partial charge in [0, 0.05) is 11.6 Å². The largest absolute Gasteiger partial charge is 0.375 e. The molecule has 0 unspecified atom stereocenters. The number of benzene rings is 1. The van der Waals surface area contributed by atoms with Crippen LogP contribution in [0.25, 0.3) is 0 Å². The first-order chi connectivity index (χ1) is 7.79. The zero-order valence-corrected chi connectivity index (χ0v) is 11.5. The fourth-order valence-corrected chi connectivity index (χ4v) is 1.30. The summed E-state index contributed by atoms with van der Waals surface area (Å²) in [6.07, 6.45) is 0. The van der Waals surface area contributed by atoms with Crippen molar-refractivity contribution in [2.75, 3.05) is 5.32 Å². The molecule has 17 heavy (non-hydrogen) atoms. The molecule has 0 radical (unpaired) electrons. The van der Waals surface area contributed by atoms with Crippen LogP contribution >= 0.6 is 0 Å². The molecule has 4 heteroatoms. The lowest BCUT2D eigenvalue weighted by molar-refractivity contribution is -0.384. The van der Waals surface area contributed by atoms with Gasteiger partial charge in [0.25, 0.3) is 5.69 Å². The molecule has 0 aliphatic heterocycles. The highest BCUT2D eigenvalue weighted by molar-refractivity contribution is 5.63. The summed E-state index contributed by atoms with van der Waals surface area (Å²) in [5, 5.41) is 13.9. The second kappa shape index (κ2) is 6.23. The Kier molecular flexibility index (Phi) is 5.65. The van der Waals surface area contributed by atoms with Gasteiger partial charge < -0.3 is 5.32 Å². The van der Waals surface area contributed by atoms with E-state index in [1.54, 1.807) is 12.1 Å². The van der Waals surface area contributed by atoms with Crippen LogP contribution in [0, 0.1) is 17.0 Å². The number of nitro groups is 1. The third kappa shape index (κ3) is 5.33. The predicted octanol–water partition coefficient (Wildman–Crippen LogP) is 4.14. The third-order valence-electron chi connectivity index (χ3n) is 1.86. The van der Waals surface area contributed by atoms with Gasteiger partial charge in [-0.1, -0.05) is 19.9 Å². The summed E-state index contributed by atoms with van der Waals surface area (Å²) in [7, 11) is 0. The van der Waals surface area contributed by atoms with Crippen molar-refractivity contribution in [2.45, 2.75) is 47.1 Å². The van der Waals surface area contributed by atoms with Gasteiger partial charge in [-0.05, 0) is 39.3 Å². The summed E-state index contributed by atoms with van der Waals surface area (Å²) in [5.74, 6) is 0. The number of hydrogen-bond acceptors (Lipinski definition) is 3. The van der Waals surface area contributed by atoms with Crippen LogP contribution in [0.1, 0.15) is 40.2 Å². The molecule has 0 saturated heterocycles. The molecule has 0 fully saturated rings. The lowest BCUT2D eigenvalue weighted by atomic mass is 10.1. The smallest absolute Gasteiger partial charge is 0.292 e. The second-order valence-corrected chi connectivity index (χ2v) is 4.65. The van der Waals surface area contributed by atoms with E-state index in [1.165, 1.54) is 0 Å². The van der Waals surface area contributed by atoms with Gasteiger partial charge in [0.15, 0.2) is 0 Å². The average molecular weight is 238 g/mol. The molecule has 0 amide bonds. The highest BCUT2D eigenvalue weighted by Gasteiger charge is 2.18. The summed E-state index contributed by atoms with van der Waals surface area (Å²) < 4.78 is 0. The fraction of sp³-hybridized carbons (Fsp3) is 0.538. The molecule has 0 atom stereocenters. The van der Waals surface area contributed by atoms with Crippen LogP contribution in [-0.4, -0.2) is 10.5 Å². The van der Waals surface area contributed by atoms with E-state index in [2.05, 4.69) is 5.32 Å². The van der Waals surface area contributed by atoms with E-state index in [9.17, 15) is 10.1 Å². The molecule has 0 heterocycles. The molecule has 0 aliphatic carbocycles. The van der Waals surface area contributed by atoms with Gasteiger partial charge in [-0.25, -0.2) is 0 Å². The van der Waals surface area contributed by atoms with Gasteiger partial charge in [0.2, 0.25) is 0 Å². The van der Waals surface area contributed by atoms with Gasteiger partial charge in [-0.2, -0.15) is 0 Å². The maximum atomic E-state index is 10.8. The molecule has 0 spiro atoms. The van der Waals surface area contributed by atoms with Crippen molar-refractivity contribution < 1.29 is 4.92 Å². The second-order valence-electron chi connectivity index (χ2n) is 4.65. The molecule has 0 saturated carbocycles. The number of nitrogens with zero attached hydrogens (tertiary/aromatic N) is 1.